The van der Waals surface area contributed by atoms with Gasteiger partial charge in [0.25, 0.3) is 0 Å². The van der Waals surface area contributed by atoms with Gasteiger partial charge < -0.3 is 5.32 Å². The molecule has 1 aromatic heterocycles. The van der Waals surface area contributed by atoms with Gasteiger partial charge in [-0.3, -0.25) is 9.69 Å². The van der Waals surface area contributed by atoms with Crippen LogP contribution in [0, 0.1) is 0 Å². The van der Waals surface area contributed by atoms with Gasteiger partial charge in [0.2, 0.25) is 5.91 Å². The summed E-state index contributed by atoms with van der Waals surface area (Å²) in [4.78, 5) is 22.9. The van der Waals surface area contributed by atoms with Crippen LogP contribution >= 0.6 is 15.9 Å². The highest BCUT2D eigenvalue weighted by Gasteiger charge is 2.32. The monoisotopic (exact) mass is 346 g/mol. The molecular formula is C15H15BrN4O. The van der Waals surface area contributed by atoms with Crippen molar-refractivity contribution in [2.75, 3.05) is 13.1 Å². The molecule has 0 unspecified atom stereocenters. The van der Waals surface area contributed by atoms with Crippen molar-refractivity contribution >= 4 is 21.8 Å². The first kappa shape index (κ1) is 14.2. The van der Waals surface area contributed by atoms with Gasteiger partial charge in [-0.2, -0.15) is 0 Å². The second-order valence-corrected chi connectivity index (χ2v) is 5.70. The number of carbonyl (C=O) groups is 1. The van der Waals surface area contributed by atoms with E-state index < -0.39 is 0 Å². The molecule has 1 fully saturated rings. The van der Waals surface area contributed by atoms with E-state index in [2.05, 4.69) is 36.1 Å². The Morgan fingerprint density at radius 2 is 2.00 bits per heavy atom. The number of nitrogens with zero attached hydrogens (tertiary/aromatic N) is 3. The molecule has 3 rings (SSSR count). The smallest absolute Gasteiger partial charge is 0.242 e. The van der Waals surface area contributed by atoms with Crippen molar-refractivity contribution in [3.8, 4) is 0 Å². The Kier molecular flexibility index (Phi) is 4.26. The Morgan fingerprint density at radius 3 is 2.76 bits per heavy atom. The highest BCUT2D eigenvalue weighted by atomic mass is 79.9. The number of rotatable bonds is 3. The van der Waals surface area contributed by atoms with Crippen LogP contribution in [0.4, 0.5) is 0 Å². The minimum Gasteiger partial charge on any atom is -0.353 e. The van der Waals surface area contributed by atoms with Crippen LogP contribution in [0.25, 0.3) is 0 Å². The Labute approximate surface area is 131 Å². The Hall–Kier alpha value is -1.79. The van der Waals surface area contributed by atoms with E-state index in [1.807, 2.05) is 24.3 Å². The topological polar surface area (TPSA) is 58.1 Å². The minimum atomic E-state index is -0.321. The second kappa shape index (κ2) is 6.32. The molecule has 1 saturated heterocycles. The zero-order valence-electron chi connectivity index (χ0n) is 11.4. The van der Waals surface area contributed by atoms with E-state index in [1.54, 1.807) is 18.5 Å². The van der Waals surface area contributed by atoms with Gasteiger partial charge in [0.1, 0.15) is 11.9 Å². The first-order chi connectivity index (χ1) is 10.3. The van der Waals surface area contributed by atoms with Crippen LogP contribution in [-0.4, -0.2) is 33.9 Å². The summed E-state index contributed by atoms with van der Waals surface area (Å²) in [5, 5.41) is 2.93. The molecule has 5 nitrogen and oxygen atoms in total. The van der Waals surface area contributed by atoms with Crippen LogP contribution in [0.5, 0.6) is 0 Å². The normalized spacial score (nSPS) is 19.3. The largest absolute Gasteiger partial charge is 0.353 e. The van der Waals surface area contributed by atoms with Gasteiger partial charge in [-0.25, -0.2) is 9.97 Å². The van der Waals surface area contributed by atoms with Crippen LogP contribution in [0.1, 0.15) is 17.4 Å². The molecule has 21 heavy (non-hydrogen) atoms. The quantitative estimate of drug-likeness (QED) is 0.922. The summed E-state index contributed by atoms with van der Waals surface area (Å²) in [6, 6.07) is 9.28. The molecule has 1 aliphatic heterocycles. The molecule has 0 saturated carbocycles. The zero-order chi connectivity index (χ0) is 14.7. The number of hydrogen-bond donors (Lipinski definition) is 1. The van der Waals surface area contributed by atoms with E-state index in [9.17, 15) is 4.79 Å². The van der Waals surface area contributed by atoms with Gasteiger partial charge in [0.15, 0.2) is 0 Å². The molecular weight excluding hydrogens is 332 g/mol. The number of amides is 1. The maximum Gasteiger partial charge on any atom is 0.242 e. The number of piperazine rings is 1. The third kappa shape index (κ3) is 3.11. The third-order valence-electron chi connectivity index (χ3n) is 3.48. The molecule has 1 amide bonds. The van der Waals surface area contributed by atoms with Crippen molar-refractivity contribution in [3.05, 3.63) is 58.6 Å². The summed E-state index contributed by atoms with van der Waals surface area (Å²) in [6.45, 7) is 1.98. The van der Waals surface area contributed by atoms with Gasteiger partial charge >= 0.3 is 0 Å². The third-order valence-corrected chi connectivity index (χ3v) is 4.20. The summed E-state index contributed by atoms with van der Waals surface area (Å²) in [6.07, 6.45) is 3.44. The maximum atomic E-state index is 12.3. The average Bonchev–Trinajstić information content (AvgIpc) is 2.50. The van der Waals surface area contributed by atoms with Gasteiger partial charge in [-0.1, -0.05) is 34.1 Å². The number of carbonyl (C=O) groups excluding carboxylic acids is 1. The van der Waals surface area contributed by atoms with Crippen molar-refractivity contribution < 1.29 is 4.79 Å². The molecule has 0 spiro atoms. The summed E-state index contributed by atoms with van der Waals surface area (Å²) >= 11 is 3.53. The summed E-state index contributed by atoms with van der Waals surface area (Å²) < 4.78 is 0.936. The molecule has 0 bridgehead atoms. The van der Waals surface area contributed by atoms with Crippen molar-refractivity contribution in [2.24, 2.45) is 0 Å². The molecule has 1 N–H and O–H groups in total. The number of benzene rings is 1. The van der Waals surface area contributed by atoms with E-state index >= 15 is 0 Å². The maximum absolute atomic E-state index is 12.3. The fraction of sp³-hybridized carbons (Fsp3) is 0.267. The fourth-order valence-electron chi connectivity index (χ4n) is 2.51. The lowest BCUT2D eigenvalue weighted by atomic mass is 10.0. The van der Waals surface area contributed by atoms with Crippen molar-refractivity contribution in [2.45, 2.75) is 12.6 Å². The van der Waals surface area contributed by atoms with Crippen LogP contribution in [0.2, 0.25) is 0 Å². The fourth-order valence-corrected chi connectivity index (χ4v) is 3.01. The number of hydrogen-bond acceptors (Lipinski definition) is 4. The first-order valence-corrected chi connectivity index (χ1v) is 7.57. The van der Waals surface area contributed by atoms with Crippen LogP contribution in [0.3, 0.4) is 0 Å². The van der Waals surface area contributed by atoms with Gasteiger partial charge in [0.05, 0.1) is 6.54 Å². The number of nitrogens with one attached hydrogen (secondary N) is 1. The minimum absolute atomic E-state index is 0.0177. The lowest BCUT2D eigenvalue weighted by Crippen LogP contribution is -2.49. The Bertz CT molecular complexity index is 635. The van der Waals surface area contributed by atoms with E-state index in [-0.39, 0.29) is 11.9 Å². The Morgan fingerprint density at radius 1 is 1.24 bits per heavy atom. The van der Waals surface area contributed by atoms with Crippen molar-refractivity contribution in [3.63, 3.8) is 0 Å². The Balaban J connectivity index is 1.90. The predicted molar refractivity (Wildman–Crippen MR) is 82.3 cm³/mol. The molecule has 108 valence electrons. The lowest BCUT2D eigenvalue weighted by Gasteiger charge is -2.35. The van der Waals surface area contributed by atoms with E-state index in [1.165, 1.54) is 0 Å². The predicted octanol–water partition coefficient (Wildman–Crippen LogP) is 1.91. The molecule has 2 aromatic rings. The number of aromatic nitrogens is 2. The summed E-state index contributed by atoms with van der Waals surface area (Å²) in [5.41, 5.74) is 0.964. The zero-order valence-corrected chi connectivity index (χ0v) is 13.0. The van der Waals surface area contributed by atoms with Crippen molar-refractivity contribution in [1.29, 1.82) is 0 Å². The summed E-state index contributed by atoms with van der Waals surface area (Å²) in [7, 11) is 0. The van der Waals surface area contributed by atoms with Crippen molar-refractivity contribution in [1.82, 2.24) is 20.2 Å². The second-order valence-electron chi connectivity index (χ2n) is 4.85. The van der Waals surface area contributed by atoms with Crippen LogP contribution in [-0.2, 0) is 11.3 Å². The lowest BCUT2D eigenvalue weighted by molar-refractivity contribution is -0.129. The van der Waals surface area contributed by atoms with Crippen LogP contribution in [0.15, 0.2) is 47.2 Å². The molecule has 1 aromatic carbocycles. The van der Waals surface area contributed by atoms with E-state index in [0.29, 0.717) is 13.1 Å². The van der Waals surface area contributed by atoms with Gasteiger partial charge in [0, 0.05) is 30.0 Å². The average molecular weight is 347 g/mol. The first-order valence-electron chi connectivity index (χ1n) is 6.78. The van der Waals surface area contributed by atoms with Gasteiger partial charge in [-0.15, -0.1) is 0 Å². The number of halogens is 1. The summed E-state index contributed by atoms with van der Waals surface area (Å²) in [5.74, 6) is 0.744. The highest BCUT2D eigenvalue weighted by Crippen LogP contribution is 2.30. The van der Waals surface area contributed by atoms with E-state index in [0.717, 1.165) is 22.4 Å². The standard InChI is InChI=1S/C15H15BrN4O/c16-12-5-2-1-4-11(12)14-15(21)19-8-9-20(14)10-13-17-6-3-7-18-13/h1-7,14H,8-10H2,(H,19,21)/t14-/m0/s1. The molecule has 0 aliphatic carbocycles. The molecule has 2 heterocycles. The van der Waals surface area contributed by atoms with Gasteiger partial charge in [-0.05, 0) is 17.7 Å². The molecule has 0 radical (unpaired) electrons. The molecule has 6 heteroatoms. The van der Waals surface area contributed by atoms with Crippen LogP contribution < -0.4 is 5.32 Å². The van der Waals surface area contributed by atoms with E-state index in [4.69, 9.17) is 0 Å². The molecule has 1 atom stereocenters. The SMILES string of the molecule is O=C1NCCN(Cc2ncccn2)[C@H]1c1ccccc1Br. The molecule has 1 aliphatic rings. The highest BCUT2D eigenvalue weighted by molar-refractivity contribution is 9.10.